The highest BCUT2D eigenvalue weighted by Gasteiger charge is 2.49. The van der Waals surface area contributed by atoms with Gasteiger partial charge in [0.1, 0.15) is 0 Å². The fourth-order valence-corrected chi connectivity index (χ4v) is 12.2. The van der Waals surface area contributed by atoms with Crippen molar-refractivity contribution in [3.8, 4) is 50.2 Å². The molecule has 6 aliphatic carbocycles. The molecule has 9 aromatic rings. The van der Waals surface area contributed by atoms with Gasteiger partial charge in [-0.3, -0.25) is 0 Å². The van der Waals surface area contributed by atoms with Crippen LogP contribution < -0.4 is 0 Å². The average molecular weight is 736 g/mol. The van der Waals surface area contributed by atoms with Crippen molar-refractivity contribution in [2.24, 2.45) is 0 Å². The van der Waals surface area contributed by atoms with E-state index in [0.29, 0.717) is 0 Å². The number of para-hydroxylation sites is 1. The van der Waals surface area contributed by atoms with Crippen LogP contribution in [0.25, 0.3) is 82.8 Å². The highest BCUT2D eigenvalue weighted by Crippen LogP contribution is 2.62. The minimum absolute atomic E-state index is 0.0754. The van der Waals surface area contributed by atoms with Crippen LogP contribution in [0.3, 0.4) is 0 Å². The number of hydrogen-bond donors (Lipinski definition) is 0. The minimum Gasteiger partial charge on any atom is -0.309 e. The molecular formula is C57H37N. The van der Waals surface area contributed by atoms with Gasteiger partial charge in [0.05, 0.1) is 22.1 Å². The molecule has 3 bridgehead atoms. The van der Waals surface area contributed by atoms with Crippen LogP contribution in [0.2, 0.25) is 0 Å². The van der Waals surface area contributed by atoms with Crippen molar-refractivity contribution in [3.05, 3.63) is 221 Å². The lowest BCUT2D eigenvalue weighted by Crippen LogP contribution is -2.38. The molecule has 8 aromatic carbocycles. The van der Waals surface area contributed by atoms with Gasteiger partial charge in [0, 0.05) is 22.1 Å². The Morgan fingerprint density at radius 2 is 1.17 bits per heavy atom. The molecule has 270 valence electrons. The van der Waals surface area contributed by atoms with E-state index in [9.17, 15) is 0 Å². The Bertz CT molecular complexity index is 3460. The van der Waals surface area contributed by atoms with Crippen LogP contribution >= 0.6 is 0 Å². The van der Waals surface area contributed by atoms with Gasteiger partial charge in [-0.1, -0.05) is 172 Å². The molecule has 1 aromatic heterocycles. The molecule has 1 heteroatoms. The normalized spacial score (nSPS) is 19.2. The fraction of sp³-hybridized carbons (Fsp3) is 0.0877. The van der Waals surface area contributed by atoms with Crippen molar-refractivity contribution in [1.82, 2.24) is 4.57 Å². The lowest BCUT2D eigenvalue weighted by atomic mass is 9.55. The Kier molecular flexibility index (Phi) is 5.64. The Labute approximate surface area is 337 Å². The summed E-state index contributed by atoms with van der Waals surface area (Å²) in [5, 5.41) is 5.30. The van der Waals surface area contributed by atoms with Crippen LogP contribution in [0.1, 0.15) is 53.1 Å². The Hall–Kier alpha value is -6.96. The van der Waals surface area contributed by atoms with Gasteiger partial charge in [-0.25, -0.2) is 0 Å². The summed E-state index contributed by atoms with van der Waals surface area (Å²) < 4.78 is 2.62. The maximum absolute atomic E-state index is 2.62. The zero-order valence-corrected chi connectivity index (χ0v) is 32.3. The topological polar surface area (TPSA) is 4.93 Å². The predicted octanol–water partition coefficient (Wildman–Crippen LogP) is 14.4. The largest absolute Gasteiger partial charge is 0.309 e. The third-order valence-corrected chi connectivity index (χ3v) is 14.6. The van der Waals surface area contributed by atoms with Crippen LogP contribution in [0.5, 0.6) is 0 Å². The second kappa shape index (κ2) is 10.5. The van der Waals surface area contributed by atoms with E-state index in [1.165, 1.54) is 122 Å². The molecule has 1 nitrogen and oxygen atoms in total. The molecule has 58 heavy (non-hydrogen) atoms. The zero-order valence-electron chi connectivity index (χ0n) is 32.3. The fourth-order valence-electron chi connectivity index (χ4n) is 12.2. The summed E-state index contributed by atoms with van der Waals surface area (Å²) in [4.78, 5) is 0. The molecule has 2 atom stereocenters. The molecule has 0 radical (unpaired) electrons. The van der Waals surface area contributed by atoms with Gasteiger partial charge in [0.15, 0.2) is 0 Å². The number of benzene rings is 8. The smallest absolute Gasteiger partial charge is 0.0584 e. The molecule has 1 heterocycles. The van der Waals surface area contributed by atoms with E-state index in [0.717, 1.165) is 0 Å². The first-order valence-electron chi connectivity index (χ1n) is 20.7. The predicted molar refractivity (Wildman–Crippen MR) is 241 cm³/mol. The first-order valence-corrected chi connectivity index (χ1v) is 20.7. The first-order chi connectivity index (χ1) is 28.5. The van der Waals surface area contributed by atoms with Crippen molar-refractivity contribution in [3.63, 3.8) is 0 Å². The van der Waals surface area contributed by atoms with Gasteiger partial charge in [-0.15, -0.1) is 0 Å². The quantitative estimate of drug-likeness (QED) is 0.167. The number of nitrogens with zero attached hydrogens (tertiary/aromatic N) is 1. The number of allylic oxidation sites excluding steroid dienone is 6. The molecule has 1 spiro atoms. The van der Waals surface area contributed by atoms with Crippen LogP contribution in [0, 0.1) is 0 Å². The molecular weight excluding hydrogens is 699 g/mol. The maximum atomic E-state index is 2.62. The minimum atomic E-state index is -0.431. The van der Waals surface area contributed by atoms with E-state index >= 15 is 0 Å². The highest BCUT2D eigenvalue weighted by atomic mass is 15.0. The van der Waals surface area contributed by atoms with Gasteiger partial charge < -0.3 is 4.57 Å². The second-order valence-electron chi connectivity index (χ2n) is 17.5. The number of aromatic nitrogens is 1. The molecule has 15 rings (SSSR count). The van der Waals surface area contributed by atoms with E-state index < -0.39 is 5.41 Å². The van der Waals surface area contributed by atoms with Gasteiger partial charge in [0.25, 0.3) is 0 Å². The van der Waals surface area contributed by atoms with Crippen molar-refractivity contribution < 1.29 is 0 Å². The second-order valence-corrected chi connectivity index (χ2v) is 17.5. The molecule has 2 unspecified atom stereocenters. The molecule has 0 N–H and O–H groups in total. The van der Waals surface area contributed by atoms with Gasteiger partial charge in [0.2, 0.25) is 0 Å². The third-order valence-electron chi connectivity index (χ3n) is 14.6. The summed E-state index contributed by atoms with van der Waals surface area (Å²) in [6.45, 7) is 4.78. The van der Waals surface area contributed by atoms with Crippen LogP contribution in [0.4, 0.5) is 0 Å². The van der Waals surface area contributed by atoms with Crippen LogP contribution in [-0.4, -0.2) is 4.57 Å². The first kappa shape index (κ1) is 31.2. The Balaban J connectivity index is 1.13. The molecule has 0 aliphatic heterocycles. The maximum Gasteiger partial charge on any atom is 0.0584 e. The molecule has 0 fully saturated rings. The van der Waals surface area contributed by atoms with Crippen molar-refractivity contribution in [2.75, 3.05) is 0 Å². The van der Waals surface area contributed by atoms with E-state index in [1.807, 2.05) is 0 Å². The lowest BCUT2D eigenvalue weighted by Gasteiger charge is -2.48. The lowest BCUT2D eigenvalue weighted by molar-refractivity contribution is 0.661. The van der Waals surface area contributed by atoms with Gasteiger partial charge >= 0.3 is 0 Å². The van der Waals surface area contributed by atoms with Gasteiger partial charge in [-0.05, 0) is 118 Å². The monoisotopic (exact) mass is 735 g/mol. The van der Waals surface area contributed by atoms with E-state index in [4.69, 9.17) is 0 Å². The van der Waals surface area contributed by atoms with Crippen molar-refractivity contribution in [2.45, 2.75) is 30.6 Å². The standard InChI is InChI=1S/C57H37N/c1-56(2)46-22-8-5-17-37(46)44-31-51-45(30-48(44)56)38-18-7-10-24-49(38)58(51)50-28-27-42(36-25-26-41-35-16-4-3-15-34(35)39-20-13-21-40(36)53(39)41)55-54(50)52-33-14-11-12-29-57(55,32-33)47-23-9-6-19-43(47)52/h3-32,52H,1-2H3. The summed E-state index contributed by atoms with van der Waals surface area (Å²) in [5.74, 6) is 0.0884. The van der Waals surface area contributed by atoms with E-state index in [-0.39, 0.29) is 11.3 Å². The number of rotatable bonds is 2. The third kappa shape index (κ3) is 3.57. The Morgan fingerprint density at radius 3 is 2.05 bits per heavy atom. The van der Waals surface area contributed by atoms with E-state index in [2.05, 4.69) is 200 Å². The summed E-state index contributed by atoms with van der Waals surface area (Å²) in [7, 11) is 0. The van der Waals surface area contributed by atoms with Crippen LogP contribution in [-0.2, 0) is 10.8 Å². The molecule has 0 saturated carbocycles. The Morgan fingerprint density at radius 1 is 0.483 bits per heavy atom. The highest BCUT2D eigenvalue weighted by molar-refractivity contribution is 6.19. The number of hydrogen-bond acceptors (Lipinski definition) is 0. The summed E-state index contributed by atoms with van der Waals surface area (Å²) in [6.07, 6.45) is 12.0. The van der Waals surface area contributed by atoms with Crippen LogP contribution in [0.15, 0.2) is 188 Å². The molecule has 6 aliphatic rings. The SMILES string of the molecule is CC1(C)c2ccccc2-c2cc3c(cc21)c1ccccc1n3-c1ccc(-c2ccc3c4c(cccc24)-c2ccccc2-3)c2c1C1C3=CC2(C=CC=C3)c2ccccc21. The summed E-state index contributed by atoms with van der Waals surface area (Å²) in [6, 6.07) is 58.0. The van der Waals surface area contributed by atoms with Gasteiger partial charge in [-0.2, -0.15) is 0 Å². The zero-order chi connectivity index (χ0) is 38.1. The summed E-state index contributed by atoms with van der Waals surface area (Å²) >= 11 is 0. The molecule has 0 amide bonds. The van der Waals surface area contributed by atoms with E-state index in [1.54, 1.807) is 0 Å². The van der Waals surface area contributed by atoms with Crippen molar-refractivity contribution in [1.29, 1.82) is 0 Å². The molecule has 0 saturated heterocycles. The number of fused-ring (bicyclic) bond motifs is 9. The summed E-state index contributed by atoms with van der Waals surface area (Å²) in [5.41, 5.74) is 23.8. The van der Waals surface area contributed by atoms with Crippen molar-refractivity contribution >= 4 is 32.6 Å². The average Bonchev–Trinajstić information content (AvgIpc) is 3.80.